The average molecular weight is 367 g/mol. The number of ether oxygens (including phenoxy) is 1. The number of likely N-dealkylation sites (N-methyl/N-ethyl adjacent to an activating group) is 1. The normalized spacial score (nSPS) is 14.6. The lowest BCUT2D eigenvalue weighted by Gasteiger charge is -2.34. The molecule has 6 heteroatoms. The van der Waals surface area contributed by atoms with Crippen molar-refractivity contribution < 1.29 is 14.3 Å². The molecule has 1 N–H and O–H groups in total. The molecule has 1 saturated heterocycles. The number of piperazine rings is 1. The predicted octanol–water partition coefficient (Wildman–Crippen LogP) is 1.62. The van der Waals surface area contributed by atoms with Crippen LogP contribution < -0.4 is 10.1 Å². The molecule has 0 unspecified atom stereocenters. The Hall–Kier alpha value is -2.86. The summed E-state index contributed by atoms with van der Waals surface area (Å²) in [5.41, 5.74) is 2.03. The quantitative estimate of drug-likeness (QED) is 0.843. The number of carbonyl (C=O) groups excluding carboxylic acids is 2. The van der Waals surface area contributed by atoms with Gasteiger partial charge >= 0.3 is 0 Å². The molecule has 0 bridgehead atoms. The average Bonchev–Trinajstić information content (AvgIpc) is 2.73. The van der Waals surface area contributed by atoms with Gasteiger partial charge in [0.05, 0.1) is 6.54 Å². The van der Waals surface area contributed by atoms with E-state index in [-0.39, 0.29) is 18.4 Å². The van der Waals surface area contributed by atoms with Crippen LogP contribution in [0.2, 0.25) is 0 Å². The first kappa shape index (κ1) is 18.9. The van der Waals surface area contributed by atoms with Gasteiger partial charge < -0.3 is 15.0 Å². The number of para-hydroxylation sites is 1. The summed E-state index contributed by atoms with van der Waals surface area (Å²) in [6.45, 7) is 3.00. The SMILES string of the molecule is CNC(=O)CN1CCN(C(=O)COc2ccccc2-c2ccccc2)CC1. The highest BCUT2D eigenvalue weighted by Crippen LogP contribution is 2.29. The zero-order chi connectivity index (χ0) is 19.1. The van der Waals surface area contributed by atoms with Gasteiger partial charge in [-0.15, -0.1) is 0 Å². The Balaban J connectivity index is 1.54. The highest BCUT2D eigenvalue weighted by atomic mass is 16.5. The number of amides is 2. The molecule has 0 atom stereocenters. The second kappa shape index (κ2) is 9.19. The van der Waals surface area contributed by atoms with Crippen molar-refractivity contribution in [3.8, 4) is 16.9 Å². The van der Waals surface area contributed by atoms with Crippen LogP contribution in [-0.2, 0) is 9.59 Å². The number of carbonyl (C=O) groups is 2. The number of benzene rings is 2. The van der Waals surface area contributed by atoms with E-state index in [1.807, 2.05) is 59.5 Å². The van der Waals surface area contributed by atoms with Gasteiger partial charge in [-0.05, 0) is 11.6 Å². The van der Waals surface area contributed by atoms with Gasteiger partial charge in [0.2, 0.25) is 5.91 Å². The van der Waals surface area contributed by atoms with Crippen molar-refractivity contribution in [1.82, 2.24) is 15.1 Å². The molecule has 1 aliphatic rings. The minimum absolute atomic E-state index is 0.00405. The van der Waals surface area contributed by atoms with Gasteiger partial charge in [0.25, 0.3) is 5.91 Å². The van der Waals surface area contributed by atoms with E-state index in [2.05, 4.69) is 5.32 Å². The monoisotopic (exact) mass is 367 g/mol. The number of hydrogen-bond acceptors (Lipinski definition) is 4. The standard InChI is InChI=1S/C21H25N3O3/c1-22-20(25)15-23-11-13-24(14-12-23)21(26)16-27-19-10-6-5-9-18(19)17-7-3-2-4-8-17/h2-10H,11-16H2,1H3,(H,22,25). The Morgan fingerprint density at radius 1 is 0.963 bits per heavy atom. The predicted molar refractivity (Wildman–Crippen MR) is 104 cm³/mol. The third-order valence-corrected chi connectivity index (χ3v) is 4.69. The fourth-order valence-electron chi connectivity index (χ4n) is 3.12. The molecule has 6 nitrogen and oxygen atoms in total. The Bertz CT molecular complexity index is 771. The van der Waals surface area contributed by atoms with Crippen LogP contribution in [-0.4, -0.2) is 68.0 Å². The number of rotatable bonds is 6. The van der Waals surface area contributed by atoms with Crippen molar-refractivity contribution in [2.45, 2.75) is 0 Å². The molecule has 142 valence electrons. The van der Waals surface area contributed by atoms with E-state index in [1.54, 1.807) is 11.9 Å². The first-order valence-corrected chi connectivity index (χ1v) is 9.15. The van der Waals surface area contributed by atoms with Crippen LogP contribution in [0.5, 0.6) is 5.75 Å². The third-order valence-electron chi connectivity index (χ3n) is 4.69. The van der Waals surface area contributed by atoms with Crippen molar-refractivity contribution >= 4 is 11.8 Å². The Labute approximate surface area is 159 Å². The first-order chi connectivity index (χ1) is 13.2. The Morgan fingerprint density at radius 2 is 1.63 bits per heavy atom. The summed E-state index contributed by atoms with van der Waals surface area (Å²) in [6.07, 6.45) is 0. The van der Waals surface area contributed by atoms with Crippen LogP contribution in [0.4, 0.5) is 0 Å². The lowest BCUT2D eigenvalue weighted by Crippen LogP contribution is -2.51. The highest BCUT2D eigenvalue weighted by Gasteiger charge is 2.22. The van der Waals surface area contributed by atoms with Crippen molar-refractivity contribution in [3.63, 3.8) is 0 Å². The topological polar surface area (TPSA) is 61.9 Å². The van der Waals surface area contributed by atoms with E-state index in [4.69, 9.17) is 4.74 Å². The van der Waals surface area contributed by atoms with Crippen molar-refractivity contribution in [1.29, 1.82) is 0 Å². The maximum absolute atomic E-state index is 12.5. The van der Waals surface area contributed by atoms with E-state index in [0.29, 0.717) is 38.5 Å². The highest BCUT2D eigenvalue weighted by molar-refractivity contribution is 5.79. The van der Waals surface area contributed by atoms with Gasteiger partial charge in [0.1, 0.15) is 5.75 Å². The molecule has 2 aromatic rings. The van der Waals surface area contributed by atoms with E-state index < -0.39 is 0 Å². The molecular formula is C21H25N3O3. The van der Waals surface area contributed by atoms with Crippen molar-refractivity contribution in [2.75, 3.05) is 46.4 Å². The molecule has 0 aliphatic carbocycles. The van der Waals surface area contributed by atoms with E-state index >= 15 is 0 Å². The van der Waals surface area contributed by atoms with E-state index in [9.17, 15) is 9.59 Å². The van der Waals surface area contributed by atoms with E-state index in [0.717, 1.165) is 11.1 Å². The molecule has 0 saturated carbocycles. The molecule has 1 heterocycles. The fraction of sp³-hybridized carbons (Fsp3) is 0.333. The van der Waals surface area contributed by atoms with Gasteiger partial charge in [0, 0.05) is 38.8 Å². The van der Waals surface area contributed by atoms with Crippen molar-refractivity contribution in [3.05, 3.63) is 54.6 Å². The molecule has 0 radical (unpaired) electrons. The Morgan fingerprint density at radius 3 is 2.33 bits per heavy atom. The maximum atomic E-state index is 12.5. The molecular weight excluding hydrogens is 342 g/mol. The molecule has 0 spiro atoms. The van der Waals surface area contributed by atoms with Crippen LogP contribution >= 0.6 is 0 Å². The summed E-state index contributed by atoms with van der Waals surface area (Å²) >= 11 is 0. The van der Waals surface area contributed by atoms with Gasteiger partial charge in [-0.2, -0.15) is 0 Å². The summed E-state index contributed by atoms with van der Waals surface area (Å²) in [6, 6.07) is 17.7. The number of nitrogens with zero attached hydrogens (tertiary/aromatic N) is 2. The lowest BCUT2D eigenvalue weighted by atomic mass is 10.1. The van der Waals surface area contributed by atoms with Gasteiger partial charge in [-0.25, -0.2) is 0 Å². The number of nitrogens with one attached hydrogen (secondary N) is 1. The largest absolute Gasteiger partial charge is 0.483 e. The molecule has 1 fully saturated rings. The first-order valence-electron chi connectivity index (χ1n) is 9.15. The van der Waals surface area contributed by atoms with Gasteiger partial charge in [0.15, 0.2) is 6.61 Å². The lowest BCUT2D eigenvalue weighted by molar-refractivity contribution is -0.135. The van der Waals surface area contributed by atoms with Gasteiger partial charge in [-0.3, -0.25) is 14.5 Å². The van der Waals surface area contributed by atoms with Crippen LogP contribution in [0.25, 0.3) is 11.1 Å². The number of hydrogen-bond donors (Lipinski definition) is 1. The summed E-state index contributed by atoms with van der Waals surface area (Å²) in [4.78, 5) is 27.8. The minimum atomic E-state index is -0.0301. The zero-order valence-electron chi connectivity index (χ0n) is 15.6. The summed E-state index contributed by atoms with van der Waals surface area (Å²) in [5, 5.41) is 2.62. The minimum Gasteiger partial charge on any atom is -0.483 e. The molecule has 0 aromatic heterocycles. The summed E-state index contributed by atoms with van der Waals surface area (Å²) in [7, 11) is 1.63. The fourth-order valence-corrected chi connectivity index (χ4v) is 3.12. The molecule has 2 amide bonds. The molecule has 2 aromatic carbocycles. The van der Waals surface area contributed by atoms with Crippen LogP contribution in [0, 0.1) is 0 Å². The Kier molecular flexibility index (Phi) is 6.44. The second-order valence-corrected chi connectivity index (χ2v) is 6.48. The smallest absolute Gasteiger partial charge is 0.260 e. The third kappa shape index (κ3) is 5.08. The zero-order valence-corrected chi connectivity index (χ0v) is 15.6. The van der Waals surface area contributed by atoms with Crippen molar-refractivity contribution in [2.24, 2.45) is 0 Å². The molecule has 27 heavy (non-hydrogen) atoms. The second-order valence-electron chi connectivity index (χ2n) is 6.48. The summed E-state index contributed by atoms with van der Waals surface area (Å²) in [5.74, 6) is 0.670. The summed E-state index contributed by atoms with van der Waals surface area (Å²) < 4.78 is 5.85. The van der Waals surface area contributed by atoms with Gasteiger partial charge in [-0.1, -0.05) is 48.5 Å². The van der Waals surface area contributed by atoms with E-state index in [1.165, 1.54) is 0 Å². The molecule has 1 aliphatic heterocycles. The maximum Gasteiger partial charge on any atom is 0.260 e. The van der Waals surface area contributed by atoms with Crippen LogP contribution in [0.1, 0.15) is 0 Å². The molecule has 3 rings (SSSR count). The van der Waals surface area contributed by atoms with Crippen LogP contribution in [0.3, 0.4) is 0 Å². The van der Waals surface area contributed by atoms with Crippen LogP contribution in [0.15, 0.2) is 54.6 Å².